The van der Waals surface area contributed by atoms with E-state index in [1.54, 1.807) is 0 Å². The molecular formula is C29H48Cl2Zr. The molecule has 0 spiro atoms. The maximum Gasteiger partial charge on any atom is -1.00 e. The smallest absolute Gasteiger partial charge is 1.00 e. The monoisotopic (exact) mass is 556 g/mol. The first kappa shape index (κ1) is 29.0. The summed E-state index contributed by atoms with van der Waals surface area (Å²) in [6.45, 7) is 20.7. The quantitative estimate of drug-likeness (QED) is 0.458. The maximum atomic E-state index is 2.78. The Hall–Kier alpha value is 0.813. The first-order chi connectivity index (χ1) is 14.0. The number of allylic oxidation sites excluding steroid dienone is 4. The van der Waals surface area contributed by atoms with Crippen LogP contribution in [0.4, 0.5) is 0 Å². The largest absolute Gasteiger partial charge is 1.00 e. The van der Waals surface area contributed by atoms with E-state index >= 15 is 0 Å². The number of hydrogen-bond acceptors (Lipinski definition) is 0. The average Bonchev–Trinajstić information content (AvgIpc) is 3.05. The Bertz CT molecular complexity index is 710. The van der Waals surface area contributed by atoms with Gasteiger partial charge < -0.3 is 24.8 Å². The summed E-state index contributed by atoms with van der Waals surface area (Å²) >= 11 is -1.85. The van der Waals surface area contributed by atoms with Gasteiger partial charge >= 0.3 is 196 Å². The fourth-order valence-electron chi connectivity index (χ4n) is 8.25. The van der Waals surface area contributed by atoms with Crippen molar-refractivity contribution in [1.82, 2.24) is 0 Å². The van der Waals surface area contributed by atoms with Gasteiger partial charge in [0.05, 0.1) is 0 Å². The topological polar surface area (TPSA) is 0 Å². The van der Waals surface area contributed by atoms with Gasteiger partial charge in [-0.15, -0.1) is 0 Å². The van der Waals surface area contributed by atoms with Crippen LogP contribution in [0.25, 0.3) is 0 Å². The summed E-state index contributed by atoms with van der Waals surface area (Å²) < 4.78 is 3.84. The summed E-state index contributed by atoms with van der Waals surface area (Å²) in [7, 11) is 0. The molecule has 0 aromatic carbocycles. The van der Waals surface area contributed by atoms with Gasteiger partial charge in [0.1, 0.15) is 0 Å². The number of fused-ring (bicyclic) bond motifs is 2. The summed E-state index contributed by atoms with van der Waals surface area (Å²) in [5.41, 5.74) is 4.94. The van der Waals surface area contributed by atoms with Crippen LogP contribution in [0.1, 0.15) is 107 Å². The Balaban J connectivity index is 0.00000181. The van der Waals surface area contributed by atoms with Crippen molar-refractivity contribution in [3.05, 3.63) is 23.3 Å². The van der Waals surface area contributed by atoms with Crippen molar-refractivity contribution in [3.63, 3.8) is 0 Å². The van der Waals surface area contributed by atoms with Crippen molar-refractivity contribution in [1.29, 1.82) is 0 Å². The minimum Gasteiger partial charge on any atom is -1.00 e. The van der Waals surface area contributed by atoms with Gasteiger partial charge in [-0.3, -0.25) is 0 Å². The van der Waals surface area contributed by atoms with Crippen LogP contribution in [0.2, 0.25) is 7.25 Å². The molecule has 0 amide bonds. The van der Waals surface area contributed by atoms with E-state index in [9.17, 15) is 0 Å². The predicted octanol–water partition coefficient (Wildman–Crippen LogP) is 2.99. The van der Waals surface area contributed by atoms with E-state index in [0.29, 0.717) is 10.8 Å². The van der Waals surface area contributed by atoms with E-state index in [1.165, 1.54) is 51.4 Å². The van der Waals surface area contributed by atoms with Gasteiger partial charge in [-0.2, -0.15) is 0 Å². The van der Waals surface area contributed by atoms with E-state index < -0.39 is 21.3 Å². The van der Waals surface area contributed by atoms with Crippen molar-refractivity contribution >= 4 is 3.21 Å². The second-order valence-electron chi connectivity index (χ2n) is 13.1. The molecule has 4 rings (SSSR count). The zero-order valence-corrected chi connectivity index (χ0v) is 26.0. The standard InChI is InChI=1S/2C13H21.C3H6.2ClH.Zr/c2*1-10-8-11-6-4-5-7-13(2,3)12(11)9-10;1-3-2;;;/h2*6,8,10,12H,4-5,7,9H2,1-3H3;1-2H3;2*1H;/q;;;;;+2/p-2. The molecule has 0 saturated heterocycles. The SMILES string of the molecule is C[C](C)=[Zr+2]([CH]1C2=CCCCC(C)(C)C2CC1C)[CH]1C2=CCCCC(C)(C)C2CC1C.[Cl-].[Cl-]. The zero-order chi connectivity index (χ0) is 21.8. The molecule has 32 heavy (non-hydrogen) atoms. The van der Waals surface area contributed by atoms with Crippen LogP contribution in [0, 0.1) is 34.5 Å². The summed E-state index contributed by atoms with van der Waals surface area (Å²) in [5.74, 6) is 3.55. The molecule has 2 saturated carbocycles. The van der Waals surface area contributed by atoms with Crippen LogP contribution >= 0.6 is 0 Å². The van der Waals surface area contributed by atoms with Crippen molar-refractivity contribution in [3.8, 4) is 0 Å². The summed E-state index contributed by atoms with van der Waals surface area (Å²) in [6.07, 6.45) is 16.8. The Labute approximate surface area is 219 Å². The molecule has 0 heterocycles. The fraction of sp³-hybridized carbons (Fsp3) is 0.828. The average molecular weight is 559 g/mol. The minimum atomic E-state index is -1.85. The second-order valence-corrected chi connectivity index (χ2v) is 20.9. The molecule has 3 heteroatoms. The van der Waals surface area contributed by atoms with Gasteiger partial charge in [0.15, 0.2) is 0 Å². The fourth-order valence-corrected chi connectivity index (χ4v) is 19.3. The number of hydrogen-bond donors (Lipinski definition) is 0. The van der Waals surface area contributed by atoms with Gasteiger partial charge in [0.2, 0.25) is 0 Å². The molecule has 0 radical (unpaired) electrons. The van der Waals surface area contributed by atoms with Gasteiger partial charge in [-0.05, 0) is 0 Å². The van der Waals surface area contributed by atoms with E-state index in [0.717, 1.165) is 30.9 Å². The Morgan fingerprint density at radius 3 is 1.47 bits per heavy atom. The number of rotatable bonds is 2. The predicted molar refractivity (Wildman–Crippen MR) is 130 cm³/mol. The molecule has 6 unspecified atom stereocenters. The molecular weight excluding hydrogens is 510 g/mol. The maximum absolute atomic E-state index is 2.78. The molecule has 0 aliphatic heterocycles. The normalized spacial score (nSPS) is 37.1. The first-order valence-corrected chi connectivity index (χ1v) is 17.2. The third-order valence-corrected chi connectivity index (χ3v) is 20.4. The van der Waals surface area contributed by atoms with Crippen LogP contribution in [0.5, 0.6) is 0 Å². The van der Waals surface area contributed by atoms with Crippen LogP contribution < -0.4 is 24.8 Å². The molecule has 4 aliphatic carbocycles. The van der Waals surface area contributed by atoms with Crippen LogP contribution in [-0.2, 0) is 21.3 Å². The molecule has 182 valence electrons. The Morgan fingerprint density at radius 1 is 0.750 bits per heavy atom. The number of halogens is 2. The zero-order valence-electron chi connectivity index (χ0n) is 22.0. The van der Waals surface area contributed by atoms with Gasteiger partial charge in [0, 0.05) is 0 Å². The van der Waals surface area contributed by atoms with Crippen molar-refractivity contribution in [2.75, 3.05) is 0 Å². The molecule has 2 fully saturated rings. The van der Waals surface area contributed by atoms with E-state index in [-0.39, 0.29) is 24.8 Å². The van der Waals surface area contributed by atoms with Crippen LogP contribution in [0.15, 0.2) is 23.3 Å². The third-order valence-electron chi connectivity index (χ3n) is 9.82. The van der Waals surface area contributed by atoms with Gasteiger partial charge in [0.25, 0.3) is 0 Å². The minimum absolute atomic E-state index is 0. The third kappa shape index (κ3) is 5.17. The second kappa shape index (κ2) is 10.8. The molecule has 0 nitrogen and oxygen atoms in total. The summed E-state index contributed by atoms with van der Waals surface area (Å²) in [4.78, 5) is 0. The molecule has 0 aromatic heterocycles. The molecule has 0 N–H and O–H groups in total. The molecule has 6 atom stereocenters. The van der Waals surface area contributed by atoms with Crippen LogP contribution in [-0.4, -0.2) is 3.21 Å². The molecule has 0 aromatic rings. The van der Waals surface area contributed by atoms with Crippen molar-refractivity contribution in [2.24, 2.45) is 34.5 Å². The van der Waals surface area contributed by atoms with E-state index in [4.69, 9.17) is 0 Å². The summed E-state index contributed by atoms with van der Waals surface area (Å²) in [6, 6.07) is 0. The molecule has 4 aliphatic rings. The first-order valence-electron chi connectivity index (χ1n) is 13.1. The summed E-state index contributed by atoms with van der Waals surface area (Å²) in [5, 5.41) is 0. The van der Waals surface area contributed by atoms with E-state index in [2.05, 4.69) is 67.5 Å². The van der Waals surface area contributed by atoms with Gasteiger partial charge in [-0.1, -0.05) is 0 Å². The van der Waals surface area contributed by atoms with Crippen LogP contribution in [0.3, 0.4) is 0 Å². The molecule has 0 bridgehead atoms. The van der Waals surface area contributed by atoms with E-state index in [1.807, 2.05) is 14.4 Å². The Kier molecular flexibility index (Phi) is 9.83. The van der Waals surface area contributed by atoms with Gasteiger partial charge in [-0.25, -0.2) is 0 Å². The Morgan fingerprint density at radius 2 is 1.12 bits per heavy atom. The van der Waals surface area contributed by atoms with Crippen molar-refractivity contribution < 1.29 is 46.1 Å². The van der Waals surface area contributed by atoms with Crippen molar-refractivity contribution in [2.45, 2.75) is 114 Å².